The Labute approximate surface area is 80.6 Å². The number of rotatable bonds is 5. The number of alkyl halides is 3. The zero-order valence-electron chi connectivity index (χ0n) is 8.15. The first-order chi connectivity index (χ1) is 6.35. The minimum absolute atomic E-state index is 0.254. The molecule has 14 heavy (non-hydrogen) atoms. The van der Waals surface area contributed by atoms with Gasteiger partial charge in [-0.15, -0.1) is 0 Å². The van der Waals surface area contributed by atoms with Gasteiger partial charge in [-0.05, 0) is 13.3 Å². The van der Waals surface area contributed by atoms with E-state index in [0.717, 1.165) is 0 Å². The third-order valence-electron chi connectivity index (χ3n) is 1.50. The molecule has 0 aromatic rings. The maximum absolute atomic E-state index is 11.6. The zero-order chi connectivity index (χ0) is 11.2. The lowest BCUT2D eigenvalue weighted by Crippen LogP contribution is -2.34. The van der Waals surface area contributed by atoms with Crippen LogP contribution in [0.4, 0.5) is 13.2 Å². The molecule has 1 atom stereocenters. The van der Waals surface area contributed by atoms with E-state index in [4.69, 9.17) is 4.74 Å². The number of ether oxygens (including phenoxy) is 1. The predicted octanol–water partition coefficient (Wildman–Crippen LogP) is 1.48. The molecule has 0 aliphatic heterocycles. The third kappa shape index (κ3) is 7.85. The predicted molar refractivity (Wildman–Crippen MR) is 44.8 cm³/mol. The quantitative estimate of drug-likeness (QED) is 0.703. The van der Waals surface area contributed by atoms with Crippen molar-refractivity contribution in [3.8, 4) is 0 Å². The standard InChI is InChI=1S/C8H14F3NO2/c1-3-6(2)14-7(13)4-12-5-8(9,10)11/h6,12H,3-5H2,1-2H3. The van der Waals surface area contributed by atoms with Gasteiger partial charge in [0.15, 0.2) is 0 Å². The second-order valence-corrected chi connectivity index (χ2v) is 2.93. The Kier molecular flexibility index (Phi) is 5.52. The third-order valence-corrected chi connectivity index (χ3v) is 1.50. The minimum atomic E-state index is -4.29. The fourth-order valence-corrected chi connectivity index (χ4v) is 0.656. The molecule has 0 radical (unpaired) electrons. The monoisotopic (exact) mass is 213 g/mol. The summed E-state index contributed by atoms with van der Waals surface area (Å²) in [7, 11) is 0. The number of nitrogens with one attached hydrogen (secondary N) is 1. The maximum atomic E-state index is 11.6. The molecule has 0 fully saturated rings. The topological polar surface area (TPSA) is 38.3 Å². The van der Waals surface area contributed by atoms with Crippen molar-refractivity contribution in [2.75, 3.05) is 13.1 Å². The summed E-state index contributed by atoms with van der Waals surface area (Å²) in [6.45, 7) is 1.91. The van der Waals surface area contributed by atoms with Gasteiger partial charge in [0, 0.05) is 0 Å². The van der Waals surface area contributed by atoms with E-state index in [-0.39, 0.29) is 6.10 Å². The molecule has 0 saturated carbocycles. The number of carbonyl (C=O) groups excluding carboxylic acids is 1. The molecule has 0 aliphatic carbocycles. The molecule has 0 aliphatic rings. The van der Waals surface area contributed by atoms with Gasteiger partial charge < -0.3 is 4.74 Å². The van der Waals surface area contributed by atoms with Crippen molar-refractivity contribution >= 4 is 5.97 Å². The van der Waals surface area contributed by atoms with Crippen molar-refractivity contribution in [2.24, 2.45) is 0 Å². The van der Waals surface area contributed by atoms with Crippen LogP contribution in [0.15, 0.2) is 0 Å². The average Bonchev–Trinajstić information content (AvgIpc) is 2.01. The second kappa shape index (κ2) is 5.85. The van der Waals surface area contributed by atoms with Gasteiger partial charge in [-0.2, -0.15) is 13.2 Å². The zero-order valence-corrected chi connectivity index (χ0v) is 8.15. The van der Waals surface area contributed by atoms with Gasteiger partial charge in [0.2, 0.25) is 0 Å². The van der Waals surface area contributed by atoms with Gasteiger partial charge in [-0.1, -0.05) is 6.92 Å². The van der Waals surface area contributed by atoms with Gasteiger partial charge in [0.25, 0.3) is 0 Å². The van der Waals surface area contributed by atoms with Crippen molar-refractivity contribution in [3.05, 3.63) is 0 Å². The van der Waals surface area contributed by atoms with Crippen LogP contribution in [0.1, 0.15) is 20.3 Å². The maximum Gasteiger partial charge on any atom is 0.401 e. The largest absolute Gasteiger partial charge is 0.462 e. The summed E-state index contributed by atoms with van der Waals surface area (Å²) in [5.74, 6) is -0.663. The van der Waals surface area contributed by atoms with Gasteiger partial charge in [0.1, 0.15) is 0 Å². The van der Waals surface area contributed by atoms with E-state index in [9.17, 15) is 18.0 Å². The molecule has 1 unspecified atom stereocenters. The Hall–Kier alpha value is -0.780. The molecule has 3 nitrogen and oxygen atoms in total. The summed E-state index contributed by atoms with van der Waals surface area (Å²) < 4.78 is 39.6. The molecular weight excluding hydrogens is 199 g/mol. The second-order valence-electron chi connectivity index (χ2n) is 2.93. The van der Waals surface area contributed by atoms with Crippen molar-refractivity contribution in [1.82, 2.24) is 5.32 Å². The molecular formula is C8H14F3NO2. The van der Waals surface area contributed by atoms with Crippen molar-refractivity contribution in [3.63, 3.8) is 0 Å². The number of halogens is 3. The van der Waals surface area contributed by atoms with Gasteiger partial charge in [-0.3, -0.25) is 10.1 Å². The van der Waals surface area contributed by atoms with Crippen LogP contribution in [0.3, 0.4) is 0 Å². The van der Waals surface area contributed by atoms with Gasteiger partial charge in [-0.25, -0.2) is 0 Å². The van der Waals surface area contributed by atoms with Crippen molar-refractivity contribution < 1.29 is 22.7 Å². The van der Waals surface area contributed by atoms with Crippen LogP contribution >= 0.6 is 0 Å². The highest BCUT2D eigenvalue weighted by Gasteiger charge is 2.26. The fourth-order valence-electron chi connectivity index (χ4n) is 0.656. The van der Waals surface area contributed by atoms with Crippen LogP contribution in [-0.4, -0.2) is 31.3 Å². The molecule has 6 heteroatoms. The van der Waals surface area contributed by atoms with Crippen LogP contribution in [0.5, 0.6) is 0 Å². The van der Waals surface area contributed by atoms with Gasteiger partial charge >= 0.3 is 12.1 Å². The van der Waals surface area contributed by atoms with E-state index in [0.29, 0.717) is 6.42 Å². The van der Waals surface area contributed by atoms with Gasteiger partial charge in [0.05, 0.1) is 19.2 Å². The number of hydrogen-bond acceptors (Lipinski definition) is 3. The lowest BCUT2D eigenvalue weighted by atomic mass is 10.3. The molecule has 0 spiro atoms. The van der Waals surface area contributed by atoms with Crippen LogP contribution in [0, 0.1) is 0 Å². The smallest absolute Gasteiger partial charge is 0.401 e. The Morgan fingerprint density at radius 2 is 2.07 bits per heavy atom. The molecule has 0 bridgehead atoms. The summed E-state index contributed by atoms with van der Waals surface area (Å²) in [6, 6.07) is 0. The summed E-state index contributed by atoms with van der Waals surface area (Å²) >= 11 is 0. The van der Waals surface area contributed by atoms with E-state index in [1.54, 1.807) is 6.92 Å². The van der Waals surface area contributed by atoms with E-state index < -0.39 is 25.2 Å². The van der Waals surface area contributed by atoms with Crippen molar-refractivity contribution in [2.45, 2.75) is 32.5 Å². The lowest BCUT2D eigenvalue weighted by molar-refractivity contribution is -0.149. The molecule has 0 saturated heterocycles. The first-order valence-corrected chi connectivity index (χ1v) is 4.32. The normalized spacial score (nSPS) is 13.8. The summed E-state index contributed by atoms with van der Waals surface area (Å²) in [4.78, 5) is 10.8. The molecule has 0 aromatic carbocycles. The molecule has 84 valence electrons. The Bertz CT molecular complexity index is 182. The van der Waals surface area contributed by atoms with Crippen LogP contribution in [0.2, 0.25) is 0 Å². The van der Waals surface area contributed by atoms with Crippen LogP contribution < -0.4 is 5.32 Å². The highest BCUT2D eigenvalue weighted by molar-refractivity contribution is 5.71. The average molecular weight is 213 g/mol. The molecule has 0 rings (SSSR count). The Balaban J connectivity index is 3.55. The highest BCUT2D eigenvalue weighted by atomic mass is 19.4. The van der Waals surface area contributed by atoms with E-state index in [1.165, 1.54) is 0 Å². The minimum Gasteiger partial charge on any atom is -0.462 e. The Morgan fingerprint density at radius 1 is 1.50 bits per heavy atom. The van der Waals surface area contributed by atoms with E-state index >= 15 is 0 Å². The number of hydrogen-bond donors (Lipinski definition) is 1. The van der Waals surface area contributed by atoms with Crippen LogP contribution in [-0.2, 0) is 9.53 Å². The fraction of sp³-hybridized carbons (Fsp3) is 0.875. The number of esters is 1. The van der Waals surface area contributed by atoms with E-state index in [2.05, 4.69) is 0 Å². The first-order valence-electron chi connectivity index (χ1n) is 4.32. The summed E-state index contributed by atoms with van der Waals surface area (Å²) in [5, 5.41) is 1.96. The molecule has 0 heterocycles. The molecule has 0 aromatic heterocycles. The lowest BCUT2D eigenvalue weighted by Gasteiger charge is -2.11. The Morgan fingerprint density at radius 3 is 2.50 bits per heavy atom. The SMILES string of the molecule is CCC(C)OC(=O)CNCC(F)(F)F. The highest BCUT2D eigenvalue weighted by Crippen LogP contribution is 2.11. The van der Waals surface area contributed by atoms with Crippen LogP contribution in [0.25, 0.3) is 0 Å². The summed E-state index contributed by atoms with van der Waals surface area (Å²) in [6.07, 6.45) is -3.91. The molecule has 1 N–H and O–H groups in total. The summed E-state index contributed by atoms with van der Waals surface area (Å²) in [5.41, 5.74) is 0. The molecule has 0 amide bonds. The van der Waals surface area contributed by atoms with E-state index in [1.807, 2.05) is 12.2 Å². The van der Waals surface area contributed by atoms with Crippen molar-refractivity contribution in [1.29, 1.82) is 0 Å². The number of carbonyl (C=O) groups is 1. The first kappa shape index (κ1) is 13.2.